The van der Waals surface area contributed by atoms with Gasteiger partial charge in [0.2, 0.25) is 24.5 Å². The van der Waals surface area contributed by atoms with Crippen LogP contribution in [0.1, 0.15) is 46.1 Å². The van der Waals surface area contributed by atoms with Gasteiger partial charge in [-0.05, 0) is 37.7 Å². The van der Waals surface area contributed by atoms with Gasteiger partial charge in [-0.25, -0.2) is 14.2 Å². The van der Waals surface area contributed by atoms with Crippen LogP contribution in [0.25, 0.3) is 0 Å². The summed E-state index contributed by atoms with van der Waals surface area (Å²) in [5.41, 5.74) is 0.961. The molecule has 0 saturated heterocycles. The van der Waals surface area contributed by atoms with E-state index in [1.807, 2.05) is 44.2 Å². The molecular formula is C24H34N3O10P. The Morgan fingerprint density at radius 2 is 1.58 bits per heavy atom. The van der Waals surface area contributed by atoms with Crippen molar-refractivity contribution < 1.29 is 47.6 Å². The van der Waals surface area contributed by atoms with Gasteiger partial charge in [0.05, 0.1) is 0 Å². The highest BCUT2D eigenvalue weighted by Crippen LogP contribution is 2.10. The second-order valence-corrected chi connectivity index (χ2v) is 9.24. The van der Waals surface area contributed by atoms with Crippen molar-refractivity contribution in [2.24, 2.45) is 5.92 Å². The first-order chi connectivity index (χ1) is 17.9. The summed E-state index contributed by atoms with van der Waals surface area (Å²) in [6, 6.07) is 5.60. The van der Waals surface area contributed by atoms with E-state index in [1.165, 1.54) is 13.8 Å². The van der Waals surface area contributed by atoms with E-state index in [4.69, 9.17) is 4.74 Å². The van der Waals surface area contributed by atoms with E-state index >= 15 is 0 Å². The molecule has 1 aromatic rings. The number of carbonyl (C=O) groups is 5. The summed E-state index contributed by atoms with van der Waals surface area (Å²) in [4.78, 5) is 61.3. The van der Waals surface area contributed by atoms with Gasteiger partial charge in [0.15, 0.2) is 6.04 Å². The maximum absolute atomic E-state index is 13.1. The molecule has 3 amide bonds. The van der Waals surface area contributed by atoms with Crippen molar-refractivity contribution in [1.29, 1.82) is 0 Å². The molecule has 0 spiro atoms. The van der Waals surface area contributed by atoms with Crippen LogP contribution in [0.3, 0.4) is 0 Å². The summed E-state index contributed by atoms with van der Waals surface area (Å²) in [6.07, 6.45) is -1.75. The number of carboxylic acids is 1. The minimum atomic E-state index is -1.68. The van der Waals surface area contributed by atoms with Crippen LogP contribution in [0.2, 0.25) is 0 Å². The zero-order chi connectivity index (χ0) is 28.7. The van der Waals surface area contributed by atoms with E-state index in [2.05, 4.69) is 25.2 Å². The molecule has 0 fully saturated rings. The van der Waals surface area contributed by atoms with Gasteiger partial charge in [-0.2, -0.15) is 0 Å². The molecule has 210 valence electrons. The van der Waals surface area contributed by atoms with Crippen molar-refractivity contribution in [3.05, 3.63) is 35.9 Å². The first-order valence-corrected chi connectivity index (χ1v) is 12.6. The zero-order valence-corrected chi connectivity index (χ0v) is 22.6. The van der Waals surface area contributed by atoms with Crippen LogP contribution in [0, 0.1) is 5.92 Å². The lowest BCUT2D eigenvalue weighted by atomic mass is 10.0. The van der Waals surface area contributed by atoms with E-state index in [0.29, 0.717) is 6.42 Å². The van der Waals surface area contributed by atoms with Gasteiger partial charge in [-0.1, -0.05) is 44.2 Å². The maximum atomic E-state index is 13.1. The van der Waals surface area contributed by atoms with Crippen LogP contribution in [-0.4, -0.2) is 66.0 Å². The fourth-order valence-electron chi connectivity index (χ4n) is 3.43. The maximum Gasteiger partial charge on any atom is 0.510 e. The largest absolute Gasteiger partial charge is 0.510 e. The van der Waals surface area contributed by atoms with Crippen molar-refractivity contribution in [2.45, 2.75) is 71.2 Å². The summed E-state index contributed by atoms with van der Waals surface area (Å²) in [7, 11) is -0.730. The number of carbonyl (C=O) groups excluding carboxylic acids is 4. The molecule has 4 N–H and O–H groups in total. The molecule has 0 saturated carbocycles. The summed E-state index contributed by atoms with van der Waals surface area (Å²) < 4.78 is 23.8. The SMILES string of the molecule is CC(=O)N[C@@H](CCc1ccccc1)C(=O)N[C@@H](CC(C)C)C(=O)N[C@H](C(=O)O)[C@@H](C)OC(=O)OCOP=O. The minimum Gasteiger partial charge on any atom is -0.480 e. The lowest BCUT2D eigenvalue weighted by molar-refractivity contribution is -0.146. The molecule has 0 aliphatic carbocycles. The molecule has 4 atom stereocenters. The number of hydrogen-bond acceptors (Lipinski definition) is 9. The number of aliphatic carboxylic acids is 1. The fourth-order valence-corrected chi connectivity index (χ4v) is 3.52. The number of rotatable bonds is 16. The highest BCUT2D eigenvalue weighted by atomic mass is 31.1. The fraction of sp³-hybridized carbons (Fsp3) is 0.542. The van der Waals surface area contributed by atoms with Crippen molar-refractivity contribution in [3.63, 3.8) is 0 Å². The Hall–Kier alpha value is -3.57. The Kier molecular flexibility index (Phi) is 14.6. The highest BCUT2D eigenvalue weighted by molar-refractivity contribution is 7.17. The third kappa shape index (κ3) is 12.6. The molecule has 1 rings (SSSR count). The number of benzene rings is 1. The van der Waals surface area contributed by atoms with Gasteiger partial charge in [-0.15, -0.1) is 0 Å². The average Bonchev–Trinajstić information content (AvgIpc) is 2.84. The lowest BCUT2D eigenvalue weighted by Crippen LogP contribution is -2.58. The van der Waals surface area contributed by atoms with Gasteiger partial charge in [-0.3, -0.25) is 18.9 Å². The molecule has 0 aromatic heterocycles. The topological polar surface area (TPSA) is 186 Å². The number of ether oxygens (including phenoxy) is 2. The number of hydrogen-bond donors (Lipinski definition) is 4. The van der Waals surface area contributed by atoms with Crippen LogP contribution >= 0.6 is 8.69 Å². The molecule has 14 heteroatoms. The standard InChI is InChI=1S/C24H34N3O10P/c1-14(2)12-19(22(30)27-20(23(31)32)15(3)37-24(33)35-13-36-38-34)26-21(29)18(25-16(4)28)11-10-17-8-6-5-7-9-17/h5-9,14-15,18-20H,10-13H2,1-4H3,(H,25,28)(H,26,29)(H,27,30)(H,31,32)/t15-,18+,19+,20+/m1/s1. The van der Waals surface area contributed by atoms with Crippen molar-refractivity contribution in [3.8, 4) is 0 Å². The summed E-state index contributed by atoms with van der Waals surface area (Å²) in [6.45, 7) is 5.43. The smallest absolute Gasteiger partial charge is 0.480 e. The van der Waals surface area contributed by atoms with Crippen LogP contribution in [0.5, 0.6) is 0 Å². The number of aryl methyl sites for hydroxylation is 1. The molecule has 38 heavy (non-hydrogen) atoms. The lowest BCUT2D eigenvalue weighted by Gasteiger charge is -2.27. The van der Waals surface area contributed by atoms with Crippen LogP contribution in [0.4, 0.5) is 4.79 Å². The van der Waals surface area contributed by atoms with Gasteiger partial charge in [0.25, 0.3) is 0 Å². The van der Waals surface area contributed by atoms with Crippen molar-refractivity contribution >= 4 is 38.5 Å². The Labute approximate surface area is 222 Å². The summed E-state index contributed by atoms with van der Waals surface area (Å²) in [5, 5.41) is 17.1. The first-order valence-electron chi connectivity index (χ1n) is 11.9. The predicted molar refractivity (Wildman–Crippen MR) is 134 cm³/mol. The normalized spacial score (nSPS) is 14.0. The van der Waals surface area contributed by atoms with Crippen LogP contribution < -0.4 is 16.0 Å². The van der Waals surface area contributed by atoms with Crippen LogP contribution in [-0.2, 0) is 44.2 Å². The molecule has 0 radical (unpaired) electrons. The number of carboxylic acid groups (broad SMARTS) is 1. The van der Waals surface area contributed by atoms with E-state index in [0.717, 1.165) is 5.56 Å². The number of amides is 3. The first kappa shape index (κ1) is 32.5. The summed E-state index contributed by atoms with van der Waals surface area (Å²) >= 11 is 0. The average molecular weight is 556 g/mol. The third-order valence-corrected chi connectivity index (χ3v) is 5.41. The Morgan fingerprint density at radius 3 is 2.13 bits per heavy atom. The molecule has 0 unspecified atom stereocenters. The van der Waals surface area contributed by atoms with E-state index in [9.17, 15) is 33.6 Å². The second-order valence-electron chi connectivity index (χ2n) is 8.83. The molecular weight excluding hydrogens is 521 g/mol. The van der Waals surface area contributed by atoms with E-state index in [1.54, 1.807) is 0 Å². The van der Waals surface area contributed by atoms with Crippen LogP contribution in [0.15, 0.2) is 30.3 Å². The Balaban J connectivity index is 2.94. The number of nitrogens with one attached hydrogen (secondary N) is 3. The van der Waals surface area contributed by atoms with Gasteiger partial charge in [0.1, 0.15) is 18.2 Å². The molecule has 0 aliphatic rings. The Bertz CT molecular complexity index is 960. The minimum absolute atomic E-state index is 0.0678. The third-order valence-electron chi connectivity index (χ3n) is 5.20. The zero-order valence-electron chi connectivity index (χ0n) is 21.7. The van der Waals surface area contributed by atoms with Crippen molar-refractivity contribution in [1.82, 2.24) is 16.0 Å². The van der Waals surface area contributed by atoms with Gasteiger partial charge in [0, 0.05) is 6.92 Å². The van der Waals surface area contributed by atoms with Gasteiger partial charge >= 0.3 is 20.8 Å². The monoisotopic (exact) mass is 555 g/mol. The van der Waals surface area contributed by atoms with E-state index in [-0.39, 0.29) is 18.8 Å². The molecule has 1 aromatic carbocycles. The summed E-state index contributed by atoms with van der Waals surface area (Å²) in [5.74, 6) is -3.41. The second kappa shape index (κ2) is 17.0. The molecule has 0 bridgehead atoms. The quantitative estimate of drug-likeness (QED) is 0.102. The highest BCUT2D eigenvalue weighted by Gasteiger charge is 2.34. The van der Waals surface area contributed by atoms with E-state index < -0.39 is 69.6 Å². The molecule has 13 nitrogen and oxygen atoms in total. The predicted octanol–water partition coefficient (Wildman–Crippen LogP) is 1.95. The Morgan fingerprint density at radius 1 is 0.947 bits per heavy atom. The van der Waals surface area contributed by atoms with Crippen molar-refractivity contribution in [2.75, 3.05) is 6.79 Å². The molecule has 0 heterocycles. The van der Waals surface area contributed by atoms with Gasteiger partial charge < -0.3 is 30.5 Å². The molecule has 0 aliphatic heterocycles.